The first-order chi connectivity index (χ1) is 10.2. The molecule has 1 saturated heterocycles. The number of nitrogens with one attached hydrogen (secondary N) is 1. The number of pyridine rings is 1. The highest BCUT2D eigenvalue weighted by Gasteiger charge is 2.16. The van der Waals surface area contributed by atoms with Crippen molar-refractivity contribution in [2.45, 2.75) is 33.6 Å². The van der Waals surface area contributed by atoms with E-state index in [4.69, 9.17) is 4.98 Å². The van der Waals surface area contributed by atoms with Crippen LogP contribution in [-0.4, -0.2) is 31.2 Å². The van der Waals surface area contributed by atoms with Crippen molar-refractivity contribution < 1.29 is 0 Å². The van der Waals surface area contributed by atoms with Crippen molar-refractivity contribution in [3.8, 4) is 0 Å². The molecule has 0 aliphatic carbocycles. The van der Waals surface area contributed by atoms with Gasteiger partial charge in [0.1, 0.15) is 0 Å². The predicted octanol–water partition coefficient (Wildman–Crippen LogP) is 3.64. The molecule has 4 heteroatoms. The van der Waals surface area contributed by atoms with Crippen molar-refractivity contribution in [2.24, 2.45) is 0 Å². The molecule has 1 N–H and O–H groups in total. The van der Waals surface area contributed by atoms with E-state index >= 15 is 0 Å². The summed E-state index contributed by atoms with van der Waals surface area (Å²) in [5, 5.41) is 4.77. The minimum Gasteiger partial charge on any atom is -0.368 e. The maximum atomic E-state index is 4.90. The fourth-order valence-corrected chi connectivity index (χ4v) is 3.32. The zero-order chi connectivity index (χ0) is 14.8. The number of aryl methyl sites for hydroxylation is 3. The molecule has 0 amide bonds. The third-order valence-electron chi connectivity index (χ3n) is 4.25. The maximum absolute atomic E-state index is 4.90. The molecule has 0 spiro atoms. The SMILES string of the molecule is CCCc1cc(N2CCNCC2)c2c(C)cc(C)cc2n1.Cl. The van der Waals surface area contributed by atoms with Gasteiger partial charge in [-0.1, -0.05) is 19.4 Å². The first kappa shape index (κ1) is 17.0. The van der Waals surface area contributed by atoms with Crippen molar-refractivity contribution in [2.75, 3.05) is 31.1 Å². The van der Waals surface area contributed by atoms with E-state index in [1.165, 1.54) is 27.9 Å². The highest BCUT2D eigenvalue weighted by molar-refractivity contribution is 5.95. The van der Waals surface area contributed by atoms with E-state index in [9.17, 15) is 0 Å². The standard InChI is InChI=1S/C18H25N3.ClH/c1-4-5-15-12-17(21-8-6-19-7-9-21)18-14(3)10-13(2)11-16(18)20-15;/h10-12,19H,4-9H2,1-3H3;1H. The zero-order valence-corrected chi connectivity index (χ0v) is 14.6. The topological polar surface area (TPSA) is 28.2 Å². The van der Waals surface area contributed by atoms with Crippen LogP contribution >= 0.6 is 12.4 Å². The Balaban J connectivity index is 0.00000176. The highest BCUT2D eigenvalue weighted by Crippen LogP contribution is 2.31. The van der Waals surface area contributed by atoms with Gasteiger partial charge in [0, 0.05) is 42.9 Å². The lowest BCUT2D eigenvalue weighted by Gasteiger charge is -2.31. The third kappa shape index (κ3) is 3.36. The van der Waals surface area contributed by atoms with Crippen LogP contribution in [-0.2, 0) is 6.42 Å². The molecular weight excluding hydrogens is 294 g/mol. The summed E-state index contributed by atoms with van der Waals surface area (Å²) in [6, 6.07) is 6.82. The lowest BCUT2D eigenvalue weighted by molar-refractivity contribution is 0.590. The Morgan fingerprint density at radius 1 is 1.14 bits per heavy atom. The smallest absolute Gasteiger partial charge is 0.0731 e. The number of anilines is 1. The first-order valence-electron chi connectivity index (χ1n) is 8.05. The molecule has 3 rings (SSSR count). The van der Waals surface area contributed by atoms with Gasteiger partial charge in [-0.05, 0) is 43.5 Å². The minimum absolute atomic E-state index is 0. The minimum atomic E-state index is 0. The van der Waals surface area contributed by atoms with Crippen LogP contribution in [0.5, 0.6) is 0 Å². The van der Waals surface area contributed by atoms with E-state index in [1.807, 2.05) is 0 Å². The molecule has 1 aromatic carbocycles. The average Bonchev–Trinajstić information content (AvgIpc) is 2.47. The molecule has 2 heterocycles. The molecule has 120 valence electrons. The van der Waals surface area contributed by atoms with Crippen molar-refractivity contribution in [3.05, 3.63) is 35.0 Å². The molecule has 1 aromatic heterocycles. The Hall–Kier alpha value is -1.32. The molecule has 1 aliphatic heterocycles. The van der Waals surface area contributed by atoms with E-state index < -0.39 is 0 Å². The van der Waals surface area contributed by atoms with Gasteiger partial charge < -0.3 is 10.2 Å². The Morgan fingerprint density at radius 3 is 2.55 bits per heavy atom. The van der Waals surface area contributed by atoms with Crippen molar-refractivity contribution in [1.29, 1.82) is 0 Å². The van der Waals surface area contributed by atoms with E-state index in [2.05, 4.69) is 49.2 Å². The number of nitrogens with zero attached hydrogens (tertiary/aromatic N) is 2. The molecular formula is C18H26ClN3. The van der Waals surface area contributed by atoms with E-state index in [0.29, 0.717) is 0 Å². The van der Waals surface area contributed by atoms with Gasteiger partial charge in [-0.2, -0.15) is 0 Å². The summed E-state index contributed by atoms with van der Waals surface area (Å²) >= 11 is 0. The fourth-order valence-electron chi connectivity index (χ4n) is 3.32. The summed E-state index contributed by atoms with van der Waals surface area (Å²) in [4.78, 5) is 7.42. The monoisotopic (exact) mass is 319 g/mol. The van der Waals surface area contributed by atoms with Gasteiger partial charge >= 0.3 is 0 Å². The number of fused-ring (bicyclic) bond motifs is 1. The molecule has 0 unspecified atom stereocenters. The summed E-state index contributed by atoms with van der Waals surface area (Å²) < 4.78 is 0. The van der Waals surface area contributed by atoms with Gasteiger partial charge in [-0.25, -0.2) is 0 Å². The van der Waals surface area contributed by atoms with E-state index in [1.54, 1.807) is 0 Å². The van der Waals surface area contributed by atoms with E-state index in [-0.39, 0.29) is 12.4 Å². The van der Waals surface area contributed by atoms with Crippen LogP contribution in [0.2, 0.25) is 0 Å². The summed E-state index contributed by atoms with van der Waals surface area (Å²) in [6.45, 7) is 10.9. The maximum Gasteiger partial charge on any atom is 0.0731 e. The zero-order valence-electron chi connectivity index (χ0n) is 13.8. The largest absolute Gasteiger partial charge is 0.368 e. The summed E-state index contributed by atoms with van der Waals surface area (Å²) in [5.41, 5.74) is 6.40. The molecule has 1 aliphatic rings. The summed E-state index contributed by atoms with van der Waals surface area (Å²) in [6.07, 6.45) is 2.20. The van der Waals surface area contributed by atoms with Crippen LogP contribution in [0.4, 0.5) is 5.69 Å². The van der Waals surface area contributed by atoms with Crippen LogP contribution < -0.4 is 10.2 Å². The summed E-state index contributed by atoms with van der Waals surface area (Å²) in [7, 11) is 0. The second kappa shape index (κ2) is 7.30. The fraction of sp³-hybridized carbons (Fsp3) is 0.500. The Labute approximate surface area is 139 Å². The number of piperazine rings is 1. The molecule has 0 atom stereocenters. The Kier molecular flexibility index (Phi) is 5.65. The van der Waals surface area contributed by atoms with Crippen molar-refractivity contribution in [3.63, 3.8) is 0 Å². The lowest BCUT2D eigenvalue weighted by atomic mass is 10.0. The van der Waals surface area contributed by atoms with E-state index in [0.717, 1.165) is 44.5 Å². The van der Waals surface area contributed by atoms with Gasteiger partial charge in [0.05, 0.1) is 5.52 Å². The van der Waals surface area contributed by atoms with Gasteiger partial charge in [0.25, 0.3) is 0 Å². The number of hydrogen-bond donors (Lipinski definition) is 1. The Bertz CT molecular complexity index is 648. The van der Waals surface area contributed by atoms with Gasteiger partial charge in [0.15, 0.2) is 0 Å². The summed E-state index contributed by atoms with van der Waals surface area (Å²) in [5.74, 6) is 0. The second-order valence-electron chi connectivity index (χ2n) is 6.10. The lowest BCUT2D eigenvalue weighted by Crippen LogP contribution is -2.43. The van der Waals surface area contributed by atoms with Gasteiger partial charge in [-0.3, -0.25) is 4.98 Å². The van der Waals surface area contributed by atoms with Crippen LogP contribution in [0, 0.1) is 13.8 Å². The van der Waals surface area contributed by atoms with Crippen LogP contribution in [0.1, 0.15) is 30.2 Å². The first-order valence-corrected chi connectivity index (χ1v) is 8.05. The molecule has 0 bridgehead atoms. The van der Waals surface area contributed by atoms with Crippen LogP contribution in [0.25, 0.3) is 10.9 Å². The normalized spacial score (nSPS) is 15.0. The van der Waals surface area contributed by atoms with Gasteiger partial charge in [-0.15, -0.1) is 12.4 Å². The molecule has 1 fully saturated rings. The number of aromatic nitrogens is 1. The highest BCUT2D eigenvalue weighted by atomic mass is 35.5. The van der Waals surface area contributed by atoms with Gasteiger partial charge in [0.2, 0.25) is 0 Å². The Morgan fingerprint density at radius 2 is 1.86 bits per heavy atom. The van der Waals surface area contributed by atoms with Crippen molar-refractivity contribution >= 4 is 29.0 Å². The quantitative estimate of drug-likeness (QED) is 0.936. The van der Waals surface area contributed by atoms with Crippen LogP contribution in [0.15, 0.2) is 18.2 Å². The number of benzene rings is 1. The molecule has 0 saturated carbocycles. The molecule has 0 radical (unpaired) electrons. The predicted molar refractivity (Wildman–Crippen MR) is 97.5 cm³/mol. The molecule has 3 nitrogen and oxygen atoms in total. The molecule has 2 aromatic rings. The second-order valence-corrected chi connectivity index (χ2v) is 6.10. The number of hydrogen-bond acceptors (Lipinski definition) is 3. The third-order valence-corrected chi connectivity index (χ3v) is 4.25. The number of rotatable bonds is 3. The van der Waals surface area contributed by atoms with Crippen molar-refractivity contribution in [1.82, 2.24) is 10.3 Å². The van der Waals surface area contributed by atoms with Crippen LogP contribution in [0.3, 0.4) is 0 Å². The molecule has 22 heavy (non-hydrogen) atoms. The average molecular weight is 320 g/mol. The number of halogens is 1.